The molecule has 0 radical (unpaired) electrons. The van der Waals surface area contributed by atoms with Crippen LogP contribution in [0.5, 0.6) is 0 Å². The van der Waals surface area contributed by atoms with Gasteiger partial charge in [0.25, 0.3) is 0 Å². The number of halogens is 1. The Morgan fingerprint density at radius 3 is 2.46 bits per heavy atom. The molecule has 0 aromatic heterocycles. The van der Waals surface area contributed by atoms with Gasteiger partial charge < -0.3 is 0 Å². The van der Waals surface area contributed by atoms with E-state index in [0.29, 0.717) is 0 Å². The number of hydrogen-bond acceptors (Lipinski definition) is 0. The average Bonchev–Trinajstić information content (AvgIpc) is 2.03. The minimum atomic E-state index is 0. The largest absolute Gasteiger partial charge is 0.147 e. The van der Waals surface area contributed by atoms with Crippen LogP contribution >= 0.6 is 21.6 Å². The molecule has 1 atom stereocenters. The van der Waals surface area contributed by atoms with Gasteiger partial charge >= 0.3 is 0 Å². The second-order valence-corrected chi connectivity index (χ2v) is 3.81. The van der Waals surface area contributed by atoms with Crippen molar-refractivity contribution < 1.29 is 0 Å². The van der Waals surface area contributed by atoms with Crippen LogP contribution in [0.15, 0.2) is 35.9 Å². The van der Waals surface area contributed by atoms with Gasteiger partial charge in [-0.2, -0.15) is 0 Å². The molecule has 72 valence electrons. The normalized spacial score (nSPS) is 8.85. The van der Waals surface area contributed by atoms with Gasteiger partial charge in [-0.3, -0.25) is 0 Å². The van der Waals surface area contributed by atoms with E-state index in [2.05, 4.69) is 53.4 Å². The highest BCUT2D eigenvalue weighted by molar-refractivity contribution is 7.27. The van der Waals surface area contributed by atoms with Crippen LogP contribution in [-0.4, -0.2) is 0 Å². The van der Waals surface area contributed by atoms with E-state index in [1.54, 1.807) is 0 Å². The third-order valence-corrected chi connectivity index (χ3v) is 2.35. The Kier molecular flexibility index (Phi) is 6.03. The van der Waals surface area contributed by atoms with Crippen molar-refractivity contribution in [3.05, 3.63) is 41.5 Å². The van der Waals surface area contributed by atoms with Crippen LogP contribution in [0.1, 0.15) is 19.4 Å². The summed E-state index contributed by atoms with van der Waals surface area (Å²) in [7, 11) is 2.76. The zero-order valence-corrected chi connectivity index (χ0v) is 10.1. The summed E-state index contributed by atoms with van der Waals surface area (Å²) in [5.74, 6) is 0. The molecule has 13 heavy (non-hydrogen) atoms. The lowest BCUT2D eigenvalue weighted by Gasteiger charge is -2.01. The van der Waals surface area contributed by atoms with Crippen LogP contribution in [0.4, 0.5) is 0 Å². The lowest BCUT2D eigenvalue weighted by atomic mass is 10.1. The van der Waals surface area contributed by atoms with Crippen molar-refractivity contribution in [1.29, 1.82) is 0 Å². The van der Waals surface area contributed by atoms with E-state index in [9.17, 15) is 0 Å². The Morgan fingerprint density at radius 2 is 1.92 bits per heavy atom. The van der Waals surface area contributed by atoms with Crippen LogP contribution in [0.3, 0.4) is 0 Å². The van der Waals surface area contributed by atoms with Gasteiger partial charge in [-0.25, -0.2) is 0 Å². The number of hydrogen-bond donors (Lipinski definition) is 0. The van der Waals surface area contributed by atoms with Crippen LogP contribution in [0.25, 0.3) is 0 Å². The van der Waals surface area contributed by atoms with E-state index < -0.39 is 0 Å². The fourth-order valence-electron chi connectivity index (χ4n) is 1.03. The maximum absolute atomic E-state index is 2.76. The molecule has 0 aliphatic rings. The smallest absolute Gasteiger partial charge is 0.00888 e. The highest BCUT2D eigenvalue weighted by Gasteiger charge is 1.92. The minimum absolute atomic E-state index is 0. The Bertz CT molecular complexity index is 288. The zero-order chi connectivity index (χ0) is 8.97. The van der Waals surface area contributed by atoms with Gasteiger partial charge in [0.05, 0.1) is 0 Å². The predicted molar refractivity (Wildman–Crippen MR) is 66.2 cm³/mol. The van der Waals surface area contributed by atoms with Crippen LogP contribution < -0.4 is 5.30 Å². The summed E-state index contributed by atoms with van der Waals surface area (Å²) in [6.07, 6.45) is 3.30. The predicted octanol–water partition coefficient (Wildman–Crippen LogP) is 3.12. The standard InChI is InChI=1S/C11H15P.ClH/c1-9(2)7-8-10-5-3-4-6-11(10)12;/h3-7H,8,12H2,1-2H3;1H. The summed E-state index contributed by atoms with van der Waals surface area (Å²) in [4.78, 5) is 0. The van der Waals surface area contributed by atoms with Gasteiger partial charge in [-0.05, 0) is 31.1 Å². The average molecular weight is 215 g/mol. The quantitative estimate of drug-likeness (QED) is 0.524. The van der Waals surface area contributed by atoms with Crippen LogP contribution in [-0.2, 0) is 6.42 Å². The molecule has 0 aliphatic carbocycles. The Hall–Kier alpha value is -0.320. The zero-order valence-electron chi connectivity index (χ0n) is 8.08. The Balaban J connectivity index is 0.00000144. The summed E-state index contributed by atoms with van der Waals surface area (Å²) >= 11 is 0. The summed E-state index contributed by atoms with van der Waals surface area (Å²) in [5, 5.41) is 1.30. The highest BCUT2D eigenvalue weighted by atomic mass is 35.5. The third kappa shape index (κ3) is 4.45. The molecule has 0 bridgehead atoms. The first kappa shape index (κ1) is 12.7. The van der Waals surface area contributed by atoms with Gasteiger partial charge in [0.15, 0.2) is 0 Å². The molecular formula is C11H16ClP. The van der Waals surface area contributed by atoms with Crippen LogP contribution in [0.2, 0.25) is 0 Å². The second kappa shape index (κ2) is 6.18. The molecule has 1 unspecified atom stereocenters. The molecule has 0 saturated carbocycles. The number of allylic oxidation sites excluding steroid dienone is 2. The third-order valence-electron chi connectivity index (χ3n) is 1.79. The van der Waals surface area contributed by atoms with Crippen molar-refractivity contribution in [2.24, 2.45) is 0 Å². The molecular weight excluding hydrogens is 199 g/mol. The fraction of sp³-hybridized carbons (Fsp3) is 0.273. The molecule has 0 aliphatic heterocycles. The SMILES string of the molecule is CC(C)=CCc1ccccc1P.Cl. The molecule has 0 N–H and O–H groups in total. The second-order valence-electron chi connectivity index (χ2n) is 3.18. The van der Waals surface area contributed by atoms with E-state index in [0.717, 1.165) is 6.42 Å². The Morgan fingerprint density at radius 1 is 1.31 bits per heavy atom. The molecule has 0 amide bonds. The summed E-state index contributed by atoms with van der Waals surface area (Å²) in [6.45, 7) is 4.26. The lowest BCUT2D eigenvalue weighted by molar-refractivity contribution is 1.23. The molecule has 0 fully saturated rings. The van der Waals surface area contributed by atoms with Crippen molar-refractivity contribution in [3.63, 3.8) is 0 Å². The maximum atomic E-state index is 2.76. The number of rotatable bonds is 2. The highest BCUT2D eigenvalue weighted by Crippen LogP contribution is 2.03. The molecule has 0 heterocycles. The monoisotopic (exact) mass is 214 g/mol. The van der Waals surface area contributed by atoms with Gasteiger partial charge in [0.1, 0.15) is 0 Å². The maximum Gasteiger partial charge on any atom is -0.00888 e. The fourth-order valence-corrected chi connectivity index (χ4v) is 1.36. The molecule has 1 rings (SSSR count). The van der Waals surface area contributed by atoms with Crippen molar-refractivity contribution in [2.45, 2.75) is 20.3 Å². The molecule has 0 spiro atoms. The summed E-state index contributed by atoms with van der Waals surface area (Å²) in [6, 6.07) is 8.44. The molecule has 0 nitrogen and oxygen atoms in total. The molecule has 1 aromatic rings. The van der Waals surface area contributed by atoms with Crippen molar-refractivity contribution in [2.75, 3.05) is 0 Å². The minimum Gasteiger partial charge on any atom is -0.147 e. The first-order valence-electron chi connectivity index (χ1n) is 4.17. The van der Waals surface area contributed by atoms with Crippen LogP contribution in [0, 0.1) is 0 Å². The molecule has 2 heteroatoms. The van der Waals surface area contributed by atoms with Gasteiger partial charge in [0.2, 0.25) is 0 Å². The van der Waals surface area contributed by atoms with Gasteiger partial charge in [0, 0.05) is 0 Å². The van der Waals surface area contributed by atoms with Crippen molar-refractivity contribution in [1.82, 2.24) is 0 Å². The summed E-state index contributed by atoms with van der Waals surface area (Å²) in [5.41, 5.74) is 2.77. The van der Waals surface area contributed by atoms with E-state index in [1.807, 2.05) is 0 Å². The van der Waals surface area contributed by atoms with E-state index >= 15 is 0 Å². The Labute approximate surface area is 89.0 Å². The topological polar surface area (TPSA) is 0 Å². The number of benzene rings is 1. The molecule has 0 saturated heterocycles. The van der Waals surface area contributed by atoms with Gasteiger partial charge in [-0.1, -0.05) is 35.9 Å². The van der Waals surface area contributed by atoms with E-state index in [1.165, 1.54) is 16.4 Å². The first-order chi connectivity index (χ1) is 5.70. The first-order valence-corrected chi connectivity index (χ1v) is 4.74. The van der Waals surface area contributed by atoms with Crippen molar-refractivity contribution in [3.8, 4) is 0 Å². The molecule has 1 aromatic carbocycles. The summed E-state index contributed by atoms with van der Waals surface area (Å²) < 4.78 is 0. The van der Waals surface area contributed by atoms with E-state index in [-0.39, 0.29) is 12.4 Å². The van der Waals surface area contributed by atoms with E-state index in [4.69, 9.17) is 0 Å². The van der Waals surface area contributed by atoms with Crippen molar-refractivity contribution >= 4 is 27.0 Å². The lowest BCUT2D eigenvalue weighted by Crippen LogP contribution is -1.98. The van der Waals surface area contributed by atoms with Gasteiger partial charge in [-0.15, -0.1) is 21.6 Å².